The molecule has 0 saturated heterocycles. The average molecular weight is 432 g/mol. The molecule has 0 amide bonds. The van der Waals surface area contributed by atoms with E-state index in [4.69, 9.17) is 4.52 Å². The Morgan fingerprint density at radius 1 is 1.26 bits per heavy atom. The molecule has 0 atom stereocenters. The Labute approximate surface area is 153 Å². The predicted molar refractivity (Wildman–Crippen MR) is 101 cm³/mol. The molecule has 0 saturated carbocycles. The molecule has 0 spiro atoms. The van der Waals surface area contributed by atoms with Crippen LogP contribution in [0, 0.1) is 0 Å². The van der Waals surface area contributed by atoms with E-state index in [1.54, 1.807) is 13.2 Å². The lowest BCUT2D eigenvalue weighted by Crippen LogP contribution is -2.37. The van der Waals surface area contributed by atoms with Crippen LogP contribution in [0.15, 0.2) is 21.8 Å². The molecule has 2 aromatic rings. The molecule has 128 valence electrons. The zero-order chi connectivity index (χ0) is 15.9. The molecule has 0 aliphatic rings. The van der Waals surface area contributed by atoms with Crippen LogP contribution in [0.3, 0.4) is 0 Å². The lowest BCUT2D eigenvalue weighted by molar-refractivity contribution is 0.380. The monoisotopic (exact) mass is 432 g/mol. The molecule has 2 aromatic heterocycles. The van der Waals surface area contributed by atoms with Gasteiger partial charge in [0.15, 0.2) is 5.96 Å². The summed E-state index contributed by atoms with van der Waals surface area (Å²) < 4.78 is 7.21. The summed E-state index contributed by atoms with van der Waals surface area (Å²) in [5.74, 6) is 1.68. The molecule has 2 rings (SSSR count). The fraction of sp³-hybridized carbons (Fsp3) is 0.533. The van der Waals surface area contributed by atoms with Gasteiger partial charge in [0.05, 0.1) is 17.9 Å². The Hall–Kier alpha value is -1.58. The predicted octanol–water partition coefficient (Wildman–Crippen LogP) is 2.02. The van der Waals surface area contributed by atoms with E-state index in [0.717, 1.165) is 41.5 Å². The number of nitrogens with one attached hydrogen (secondary N) is 2. The lowest BCUT2D eigenvalue weighted by Gasteiger charge is -2.12. The maximum absolute atomic E-state index is 5.37. The number of hydrogen-bond donors (Lipinski definition) is 2. The SMILES string of the molecule is CCc1noc(CC)c1CNC(=NC)NCc1ccnn1C.I. The summed E-state index contributed by atoms with van der Waals surface area (Å²) >= 11 is 0. The Morgan fingerprint density at radius 2 is 2.00 bits per heavy atom. The lowest BCUT2D eigenvalue weighted by atomic mass is 10.1. The fourth-order valence-electron chi connectivity index (χ4n) is 2.28. The third-order valence-electron chi connectivity index (χ3n) is 3.62. The topological polar surface area (TPSA) is 80.3 Å². The van der Waals surface area contributed by atoms with Gasteiger partial charge in [-0.05, 0) is 12.5 Å². The van der Waals surface area contributed by atoms with E-state index >= 15 is 0 Å². The van der Waals surface area contributed by atoms with Crippen molar-refractivity contribution in [2.45, 2.75) is 39.8 Å². The first-order chi connectivity index (χ1) is 10.7. The van der Waals surface area contributed by atoms with E-state index in [0.29, 0.717) is 13.1 Å². The van der Waals surface area contributed by atoms with Gasteiger partial charge in [-0.3, -0.25) is 9.67 Å². The van der Waals surface area contributed by atoms with Crippen molar-refractivity contribution >= 4 is 29.9 Å². The summed E-state index contributed by atoms with van der Waals surface area (Å²) in [5, 5.41) is 14.9. The minimum absolute atomic E-state index is 0. The van der Waals surface area contributed by atoms with Crippen LogP contribution in [0.2, 0.25) is 0 Å². The Bertz CT molecular complexity index is 612. The normalized spacial score (nSPS) is 11.2. The van der Waals surface area contributed by atoms with E-state index in [-0.39, 0.29) is 24.0 Å². The van der Waals surface area contributed by atoms with Crippen molar-refractivity contribution < 1.29 is 4.52 Å². The molecule has 2 heterocycles. The molecule has 0 aromatic carbocycles. The Balaban J connectivity index is 0.00000264. The second-order valence-corrected chi connectivity index (χ2v) is 4.96. The summed E-state index contributed by atoms with van der Waals surface area (Å²) in [7, 11) is 3.68. The van der Waals surface area contributed by atoms with Gasteiger partial charge in [-0.1, -0.05) is 19.0 Å². The average Bonchev–Trinajstić information content (AvgIpc) is 3.13. The summed E-state index contributed by atoms with van der Waals surface area (Å²) in [6.45, 7) is 5.47. The largest absolute Gasteiger partial charge is 0.361 e. The van der Waals surface area contributed by atoms with E-state index in [2.05, 4.69) is 39.7 Å². The van der Waals surface area contributed by atoms with Crippen molar-refractivity contribution in [2.75, 3.05) is 7.05 Å². The third-order valence-corrected chi connectivity index (χ3v) is 3.62. The summed E-state index contributed by atoms with van der Waals surface area (Å²) in [5.41, 5.74) is 3.23. The van der Waals surface area contributed by atoms with Crippen molar-refractivity contribution in [3.05, 3.63) is 35.0 Å². The minimum Gasteiger partial charge on any atom is -0.361 e. The number of guanidine groups is 1. The highest BCUT2D eigenvalue weighted by molar-refractivity contribution is 14.0. The standard InChI is InChI=1S/C15H24N6O.HI/c1-5-13-12(14(6-2)22-20-13)10-18-15(16-3)17-9-11-7-8-19-21(11)4;/h7-8H,5-6,9-10H2,1-4H3,(H2,16,17,18);1H. The molecule has 0 aliphatic carbocycles. The molecule has 0 bridgehead atoms. The number of hydrogen-bond acceptors (Lipinski definition) is 4. The van der Waals surface area contributed by atoms with Crippen LogP contribution in [0.25, 0.3) is 0 Å². The molecular weight excluding hydrogens is 407 g/mol. The summed E-state index contributed by atoms with van der Waals surface area (Å²) in [6.07, 6.45) is 3.48. The fourth-order valence-corrected chi connectivity index (χ4v) is 2.28. The second-order valence-electron chi connectivity index (χ2n) is 4.96. The van der Waals surface area contributed by atoms with Crippen LogP contribution in [0.5, 0.6) is 0 Å². The first kappa shape index (κ1) is 19.5. The van der Waals surface area contributed by atoms with Crippen molar-refractivity contribution in [1.82, 2.24) is 25.6 Å². The molecule has 8 heteroatoms. The molecule has 23 heavy (non-hydrogen) atoms. The van der Waals surface area contributed by atoms with Crippen molar-refractivity contribution in [1.29, 1.82) is 0 Å². The van der Waals surface area contributed by atoms with Crippen LogP contribution in [0.1, 0.15) is 36.6 Å². The summed E-state index contributed by atoms with van der Waals surface area (Å²) in [4.78, 5) is 4.24. The maximum Gasteiger partial charge on any atom is 0.191 e. The van der Waals surface area contributed by atoms with Crippen molar-refractivity contribution in [3.8, 4) is 0 Å². The zero-order valence-corrected chi connectivity index (χ0v) is 16.4. The molecule has 0 unspecified atom stereocenters. The first-order valence-corrected chi connectivity index (χ1v) is 7.57. The van der Waals surface area contributed by atoms with Crippen LogP contribution < -0.4 is 10.6 Å². The third kappa shape index (κ3) is 4.95. The number of aromatic nitrogens is 3. The van der Waals surface area contributed by atoms with Gasteiger partial charge in [-0.25, -0.2) is 0 Å². The van der Waals surface area contributed by atoms with Gasteiger partial charge in [-0.2, -0.15) is 5.10 Å². The zero-order valence-electron chi connectivity index (χ0n) is 14.1. The van der Waals surface area contributed by atoms with Gasteiger partial charge in [0.25, 0.3) is 0 Å². The van der Waals surface area contributed by atoms with E-state index in [9.17, 15) is 0 Å². The molecule has 0 fully saturated rings. The van der Waals surface area contributed by atoms with Crippen LogP contribution in [-0.2, 0) is 33.0 Å². The highest BCUT2D eigenvalue weighted by Crippen LogP contribution is 2.15. The maximum atomic E-state index is 5.37. The van der Waals surface area contributed by atoms with Gasteiger partial charge < -0.3 is 15.2 Å². The number of rotatable bonds is 6. The number of nitrogens with zero attached hydrogens (tertiary/aromatic N) is 4. The van der Waals surface area contributed by atoms with E-state index < -0.39 is 0 Å². The highest BCUT2D eigenvalue weighted by Gasteiger charge is 2.13. The number of halogens is 1. The number of aryl methyl sites for hydroxylation is 3. The molecule has 2 N–H and O–H groups in total. The van der Waals surface area contributed by atoms with Crippen LogP contribution in [0.4, 0.5) is 0 Å². The van der Waals surface area contributed by atoms with Crippen LogP contribution in [-0.4, -0.2) is 27.9 Å². The quantitative estimate of drug-likeness (QED) is 0.415. The van der Waals surface area contributed by atoms with Crippen LogP contribution >= 0.6 is 24.0 Å². The molecule has 0 radical (unpaired) electrons. The first-order valence-electron chi connectivity index (χ1n) is 7.57. The van der Waals surface area contributed by atoms with E-state index in [1.807, 2.05) is 17.8 Å². The van der Waals surface area contributed by atoms with Gasteiger partial charge in [0.2, 0.25) is 0 Å². The number of aliphatic imine (C=N–C) groups is 1. The second kappa shape index (κ2) is 9.53. The van der Waals surface area contributed by atoms with Gasteiger partial charge >= 0.3 is 0 Å². The molecular formula is C15H25IN6O. The minimum atomic E-state index is 0. The summed E-state index contributed by atoms with van der Waals surface area (Å²) in [6, 6.07) is 1.98. The van der Waals surface area contributed by atoms with Gasteiger partial charge in [0, 0.05) is 38.8 Å². The van der Waals surface area contributed by atoms with Crippen molar-refractivity contribution in [2.24, 2.45) is 12.0 Å². The molecule has 0 aliphatic heterocycles. The Morgan fingerprint density at radius 3 is 2.57 bits per heavy atom. The Kier molecular flexibility index (Phi) is 8.07. The van der Waals surface area contributed by atoms with E-state index in [1.165, 1.54) is 0 Å². The molecule has 7 nitrogen and oxygen atoms in total. The van der Waals surface area contributed by atoms with Crippen molar-refractivity contribution in [3.63, 3.8) is 0 Å². The van der Waals surface area contributed by atoms with Gasteiger partial charge in [0.1, 0.15) is 5.76 Å². The van der Waals surface area contributed by atoms with Gasteiger partial charge in [-0.15, -0.1) is 24.0 Å². The highest BCUT2D eigenvalue weighted by atomic mass is 127. The smallest absolute Gasteiger partial charge is 0.191 e.